The van der Waals surface area contributed by atoms with Gasteiger partial charge in [-0.1, -0.05) is 17.7 Å². The molecule has 2 rings (SSSR count). The van der Waals surface area contributed by atoms with Gasteiger partial charge in [-0.25, -0.2) is 9.78 Å². The number of halogens is 1. The standard InChI is InChI=1S/C9H7ClN2O3/c1-15-9(13)8-11-7-5(10)3-2-4-6(7)12(8)14/h2-4,14H,1H3. The molecule has 0 aliphatic heterocycles. The monoisotopic (exact) mass is 226 g/mol. The normalized spacial score (nSPS) is 10.5. The molecule has 0 aliphatic carbocycles. The van der Waals surface area contributed by atoms with E-state index in [1.807, 2.05) is 0 Å². The largest absolute Gasteiger partial charge is 0.463 e. The Hall–Kier alpha value is -1.75. The first-order valence-corrected chi connectivity index (χ1v) is 4.47. The van der Waals surface area contributed by atoms with Crippen molar-refractivity contribution >= 4 is 28.6 Å². The first kappa shape index (κ1) is 9.79. The maximum Gasteiger partial charge on any atom is 0.377 e. The van der Waals surface area contributed by atoms with Gasteiger partial charge < -0.3 is 9.94 Å². The smallest absolute Gasteiger partial charge is 0.377 e. The average Bonchev–Trinajstić information content (AvgIpc) is 2.57. The summed E-state index contributed by atoms with van der Waals surface area (Å²) < 4.78 is 5.12. The third-order valence-electron chi connectivity index (χ3n) is 1.98. The van der Waals surface area contributed by atoms with Crippen molar-refractivity contribution in [2.75, 3.05) is 7.11 Å². The zero-order valence-electron chi connectivity index (χ0n) is 7.77. The summed E-state index contributed by atoms with van der Waals surface area (Å²) in [6.07, 6.45) is 0. The number of carbonyl (C=O) groups is 1. The Morgan fingerprint density at radius 2 is 2.33 bits per heavy atom. The number of para-hydroxylation sites is 1. The van der Waals surface area contributed by atoms with Crippen LogP contribution in [0.1, 0.15) is 10.6 Å². The topological polar surface area (TPSA) is 64.3 Å². The lowest BCUT2D eigenvalue weighted by molar-refractivity contribution is 0.0544. The molecule has 0 spiro atoms. The highest BCUT2D eigenvalue weighted by molar-refractivity contribution is 6.35. The number of benzene rings is 1. The van der Waals surface area contributed by atoms with E-state index in [1.165, 1.54) is 7.11 Å². The van der Waals surface area contributed by atoms with E-state index in [9.17, 15) is 10.0 Å². The summed E-state index contributed by atoms with van der Waals surface area (Å²) in [5.41, 5.74) is 0.727. The Balaban J connectivity index is 2.75. The molecule has 78 valence electrons. The number of hydrogen-bond donors (Lipinski definition) is 1. The van der Waals surface area contributed by atoms with E-state index < -0.39 is 5.97 Å². The SMILES string of the molecule is COC(=O)c1nc2c(Cl)cccc2n1O. The van der Waals surface area contributed by atoms with E-state index in [0.717, 1.165) is 0 Å². The van der Waals surface area contributed by atoms with Crippen LogP contribution in [0.5, 0.6) is 0 Å². The zero-order valence-corrected chi connectivity index (χ0v) is 8.52. The summed E-state index contributed by atoms with van der Waals surface area (Å²) in [4.78, 5) is 15.1. The van der Waals surface area contributed by atoms with Gasteiger partial charge in [-0.15, -0.1) is 0 Å². The van der Waals surface area contributed by atoms with Crippen molar-refractivity contribution in [3.63, 3.8) is 0 Å². The van der Waals surface area contributed by atoms with Gasteiger partial charge in [0.1, 0.15) is 11.0 Å². The van der Waals surface area contributed by atoms with E-state index >= 15 is 0 Å². The molecule has 0 saturated carbocycles. The molecule has 15 heavy (non-hydrogen) atoms. The molecule has 0 amide bonds. The number of methoxy groups -OCH3 is 1. The first-order chi connectivity index (χ1) is 7.15. The maximum absolute atomic E-state index is 11.2. The fraction of sp³-hybridized carbons (Fsp3) is 0.111. The molecule has 6 heteroatoms. The van der Waals surface area contributed by atoms with Crippen LogP contribution >= 0.6 is 11.6 Å². The summed E-state index contributed by atoms with van der Waals surface area (Å²) in [5, 5.41) is 9.98. The lowest BCUT2D eigenvalue weighted by atomic mass is 10.3. The fourth-order valence-electron chi connectivity index (χ4n) is 1.28. The lowest BCUT2D eigenvalue weighted by Crippen LogP contribution is -2.09. The summed E-state index contributed by atoms with van der Waals surface area (Å²) in [5.74, 6) is -0.912. The molecule has 0 fully saturated rings. The van der Waals surface area contributed by atoms with Crippen molar-refractivity contribution in [3.8, 4) is 0 Å². The first-order valence-electron chi connectivity index (χ1n) is 4.09. The van der Waals surface area contributed by atoms with Crippen LogP contribution in [0.15, 0.2) is 18.2 Å². The van der Waals surface area contributed by atoms with Crippen LogP contribution in [0.2, 0.25) is 5.02 Å². The molecule has 1 N–H and O–H groups in total. The number of aromatic nitrogens is 2. The van der Waals surface area contributed by atoms with E-state index in [2.05, 4.69) is 9.72 Å². The van der Waals surface area contributed by atoms with Crippen LogP contribution in [-0.2, 0) is 4.74 Å². The van der Waals surface area contributed by atoms with E-state index in [1.54, 1.807) is 18.2 Å². The molecule has 0 aliphatic rings. The third kappa shape index (κ3) is 1.41. The number of esters is 1. The zero-order chi connectivity index (χ0) is 11.0. The van der Waals surface area contributed by atoms with Crippen LogP contribution in [0, 0.1) is 0 Å². The van der Waals surface area contributed by atoms with Crippen LogP contribution in [-0.4, -0.2) is 28.0 Å². The minimum absolute atomic E-state index is 0.194. The summed E-state index contributed by atoms with van der Waals surface area (Å²) >= 11 is 5.85. The highest BCUT2D eigenvalue weighted by Crippen LogP contribution is 2.22. The highest BCUT2D eigenvalue weighted by Gasteiger charge is 2.18. The molecular formula is C9H7ClN2O3. The molecular weight excluding hydrogens is 220 g/mol. The Bertz CT molecular complexity index is 535. The molecule has 1 aromatic heterocycles. The second kappa shape index (κ2) is 3.43. The van der Waals surface area contributed by atoms with Gasteiger partial charge in [0.2, 0.25) is 0 Å². The molecule has 5 nitrogen and oxygen atoms in total. The van der Waals surface area contributed by atoms with Crippen molar-refractivity contribution in [1.82, 2.24) is 9.71 Å². The molecule has 1 aromatic carbocycles. The van der Waals surface area contributed by atoms with Crippen molar-refractivity contribution in [3.05, 3.63) is 29.0 Å². The molecule has 2 aromatic rings. The van der Waals surface area contributed by atoms with Gasteiger partial charge in [0.05, 0.1) is 12.1 Å². The minimum Gasteiger partial charge on any atom is -0.463 e. The number of rotatable bonds is 1. The Morgan fingerprint density at radius 1 is 1.60 bits per heavy atom. The Morgan fingerprint density at radius 3 is 2.93 bits per heavy atom. The quantitative estimate of drug-likeness (QED) is 0.594. The van der Waals surface area contributed by atoms with Crippen molar-refractivity contribution in [2.45, 2.75) is 0 Å². The third-order valence-corrected chi connectivity index (χ3v) is 2.28. The van der Waals surface area contributed by atoms with Gasteiger partial charge in [0.15, 0.2) is 0 Å². The molecule has 0 unspecified atom stereocenters. The van der Waals surface area contributed by atoms with Gasteiger partial charge >= 0.3 is 5.97 Å². The van der Waals surface area contributed by atoms with E-state index in [4.69, 9.17) is 11.6 Å². The maximum atomic E-state index is 11.2. The second-order valence-electron chi connectivity index (χ2n) is 2.85. The fourth-order valence-corrected chi connectivity index (χ4v) is 1.49. The van der Waals surface area contributed by atoms with Crippen LogP contribution in [0.3, 0.4) is 0 Å². The molecule has 1 heterocycles. The number of nitrogens with zero attached hydrogens (tertiary/aromatic N) is 2. The van der Waals surface area contributed by atoms with E-state index in [0.29, 0.717) is 20.8 Å². The van der Waals surface area contributed by atoms with Crippen molar-refractivity contribution in [1.29, 1.82) is 0 Å². The predicted molar refractivity (Wildman–Crippen MR) is 53.3 cm³/mol. The van der Waals surface area contributed by atoms with Crippen molar-refractivity contribution < 1.29 is 14.7 Å². The Kier molecular flexibility index (Phi) is 2.24. The number of fused-ring (bicyclic) bond motifs is 1. The lowest BCUT2D eigenvalue weighted by Gasteiger charge is -1.97. The number of imidazole rings is 1. The van der Waals surface area contributed by atoms with Gasteiger partial charge in [-0.2, -0.15) is 4.73 Å². The molecule has 0 saturated heterocycles. The van der Waals surface area contributed by atoms with E-state index in [-0.39, 0.29) is 5.82 Å². The van der Waals surface area contributed by atoms with Crippen LogP contribution < -0.4 is 0 Å². The predicted octanol–water partition coefficient (Wildman–Crippen LogP) is 1.71. The van der Waals surface area contributed by atoms with Crippen molar-refractivity contribution in [2.24, 2.45) is 0 Å². The molecule has 0 radical (unpaired) electrons. The van der Waals surface area contributed by atoms with Gasteiger partial charge in [0.25, 0.3) is 5.82 Å². The molecule has 0 bridgehead atoms. The number of ether oxygens (including phenoxy) is 1. The summed E-state index contributed by atoms with van der Waals surface area (Å²) in [6, 6.07) is 4.87. The van der Waals surface area contributed by atoms with Gasteiger partial charge in [-0.05, 0) is 12.1 Å². The van der Waals surface area contributed by atoms with Crippen LogP contribution in [0.25, 0.3) is 11.0 Å². The second-order valence-corrected chi connectivity index (χ2v) is 3.25. The Labute approximate surface area is 89.8 Å². The number of carbonyl (C=O) groups excluding carboxylic acids is 1. The van der Waals surface area contributed by atoms with Gasteiger partial charge in [-0.3, -0.25) is 0 Å². The minimum atomic E-state index is -0.718. The van der Waals surface area contributed by atoms with Crippen LogP contribution in [0.4, 0.5) is 0 Å². The number of hydrogen-bond acceptors (Lipinski definition) is 4. The summed E-state index contributed by atoms with van der Waals surface area (Å²) in [6.45, 7) is 0. The van der Waals surface area contributed by atoms with Gasteiger partial charge in [0, 0.05) is 0 Å². The highest BCUT2D eigenvalue weighted by atomic mass is 35.5. The average molecular weight is 227 g/mol. The molecule has 0 atom stereocenters. The summed E-state index contributed by atoms with van der Waals surface area (Å²) in [7, 11) is 1.21.